The first-order chi connectivity index (χ1) is 11.9. The molecule has 0 bridgehead atoms. The van der Waals surface area contributed by atoms with Gasteiger partial charge in [-0.15, -0.1) is 0 Å². The maximum absolute atomic E-state index is 12.6. The predicted octanol–water partition coefficient (Wildman–Crippen LogP) is 1.81. The molecule has 0 amide bonds. The van der Waals surface area contributed by atoms with Crippen molar-refractivity contribution in [2.45, 2.75) is 11.8 Å². The Balaban J connectivity index is 1.73. The quantitative estimate of drug-likeness (QED) is 0.608. The van der Waals surface area contributed by atoms with Crippen LogP contribution in [0.1, 0.15) is 5.56 Å². The van der Waals surface area contributed by atoms with Gasteiger partial charge in [-0.1, -0.05) is 18.2 Å². The molecule has 1 aromatic carbocycles. The lowest BCUT2D eigenvalue weighted by Gasteiger charge is -2.35. The first-order valence-corrected chi connectivity index (χ1v) is 9.25. The Morgan fingerprint density at radius 1 is 1.12 bits per heavy atom. The van der Waals surface area contributed by atoms with Gasteiger partial charge in [0.25, 0.3) is 5.69 Å². The number of sulfonamides is 1. The van der Waals surface area contributed by atoms with Crippen LogP contribution in [0.4, 0.5) is 11.5 Å². The molecule has 1 aliphatic heterocycles. The average Bonchev–Trinajstić information content (AvgIpc) is 2.62. The summed E-state index contributed by atoms with van der Waals surface area (Å²) in [4.78, 5) is 16.8. The van der Waals surface area contributed by atoms with Gasteiger partial charge >= 0.3 is 0 Å². The van der Waals surface area contributed by atoms with Crippen molar-refractivity contribution in [3.63, 3.8) is 0 Å². The maximum Gasteiger partial charge on any atom is 0.287 e. The molecule has 2 aromatic rings. The van der Waals surface area contributed by atoms with Crippen molar-refractivity contribution in [2.75, 3.05) is 31.1 Å². The number of benzene rings is 1. The molecule has 1 fully saturated rings. The van der Waals surface area contributed by atoms with Crippen LogP contribution in [0.5, 0.6) is 0 Å². The monoisotopic (exact) mass is 362 g/mol. The lowest BCUT2D eigenvalue weighted by molar-refractivity contribution is -0.385. The summed E-state index contributed by atoms with van der Waals surface area (Å²) in [6.45, 7) is 3.42. The average molecular weight is 362 g/mol. The Kier molecular flexibility index (Phi) is 4.69. The Labute approximate surface area is 145 Å². The number of nitrogens with zero attached hydrogens (tertiary/aromatic N) is 4. The number of nitro groups is 1. The molecule has 0 saturated carbocycles. The zero-order chi connectivity index (χ0) is 18.0. The van der Waals surface area contributed by atoms with Crippen molar-refractivity contribution in [1.82, 2.24) is 9.29 Å². The smallest absolute Gasteiger partial charge is 0.287 e. The fourth-order valence-corrected chi connectivity index (χ4v) is 4.31. The van der Waals surface area contributed by atoms with Gasteiger partial charge in [-0.05, 0) is 24.6 Å². The van der Waals surface area contributed by atoms with E-state index >= 15 is 0 Å². The van der Waals surface area contributed by atoms with Gasteiger partial charge in [-0.2, -0.15) is 4.31 Å². The van der Waals surface area contributed by atoms with Gasteiger partial charge in [0.05, 0.1) is 9.82 Å². The van der Waals surface area contributed by atoms with E-state index in [0.717, 1.165) is 0 Å². The SMILES string of the molecule is Cc1cc([N+](=O)[O-])cnc1N1CCN(S(=O)(=O)c2ccccc2)CC1. The molecule has 0 spiro atoms. The zero-order valence-corrected chi connectivity index (χ0v) is 14.5. The number of rotatable bonds is 4. The summed E-state index contributed by atoms with van der Waals surface area (Å²) in [6, 6.07) is 9.84. The third kappa shape index (κ3) is 3.47. The number of pyridine rings is 1. The lowest BCUT2D eigenvalue weighted by Crippen LogP contribution is -2.49. The first-order valence-electron chi connectivity index (χ1n) is 7.81. The van der Waals surface area contributed by atoms with Crippen LogP contribution in [0.3, 0.4) is 0 Å². The van der Waals surface area contributed by atoms with Crippen molar-refractivity contribution in [3.05, 3.63) is 58.3 Å². The highest BCUT2D eigenvalue weighted by Crippen LogP contribution is 2.24. The molecular weight excluding hydrogens is 344 g/mol. The molecule has 25 heavy (non-hydrogen) atoms. The molecule has 2 heterocycles. The molecule has 0 atom stereocenters. The van der Waals surface area contributed by atoms with Gasteiger partial charge < -0.3 is 4.90 Å². The minimum Gasteiger partial charge on any atom is -0.354 e. The number of aromatic nitrogens is 1. The molecule has 1 saturated heterocycles. The summed E-state index contributed by atoms with van der Waals surface area (Å²) < 4.78 is 26.7. The van der Waals surface area contributed by atoms with E-state index in [1.165, 1.54) is 16.6 Å². The minimum atomic E-state index is -3.50. The second kappa shape index (κ2) is 6.77. The summed E-state index contributed by atoms with van der Waals surface area (Å²) in [5.41, 5.74) is 0.653. The van der Waals surface area contributed by atoms with Gasteiger partial charge in [-0.3, -0.25) is 10.1 Å². The van der Waals surface area contributed by atoms with Crippen LogP contribution in [0.25, 0.3) is 0 Å². The summed E-state index contributed by atoms with van der Waals surface area (Å²) in [5, 5.41) is 10.8. The van der Waals surface area contributed by atoms with Crippen LogP contribution >= 0.6 is 0 Å². The molecule has 132 valence electrons. The number of hydrogen-bond donors (Lipinski definition) is 0. The Morgan fingerprint density at radius 3 is 2.32 bits per heavy atom. The number of anilines is 1. The van der Waals surface area contributed by atoms with E-state index < -0.39 is 14.9 Å². The summed E-state index contributed by atoms with van der Waals surface area (Å²) in [6.07, 6.45) is 1.23. The van der Waals surface area contributed by atoms with Gasteiger partial charge in [0, 0.05) is 32.2 Å². The molecule has 1 aromatic heterocycles. The van der Waals surface area contributed by atoms with Crippen LogP contribution in [0.2, 0.25) is 0 Å². The molecule has 0 unspecified atom stereocenters. The summed E-state index contributed by atoms with van der Waals surface area (Å²) >= 11 is 0. The standard InChI is InChI=1S/C16H18N4O4S/c1-13-11-14(20(21)22)12-17-16(13)18-7-9-19(10-8-18)25(23,24)15-5-3-2-4-6-15/h2-6,11-12H,7-10H2,1H3. The zero-order valence-electron chi connectivity index (χ0n) is 13.7. The molecule has 3 rings (SSSR count). The third-order valence-electron chi connectivity index (χ3n) is 4.17. The van der Waals surface area contributed by atoms with Crippen molar-refractivity contribution < 1.29 is 13.3 Å². The Hall–Kier alpha value is -2.52. The molecule has 8 nitrogen and oxygen atoms in total. The number of hydrogen-bond acceptors (Lipinski definition) is 6. The predicted molar refractivity (Wildman–Crippen MR) is 93.0 cm³/mol. The van der Waals surface area contributed by atoms with Crippen LogP contribution in [0.15, 0.2) is 47.5 Å². The normalized spacial score (nSPS) is 16.0. The number of piperazine rings is 1. The molecule has 0 radical (unpaired) electrons. The number of aryl methyl sites for hydroxylation is 1. The van der Waals surface area contributed by atoms with E-state index in [4.69, 9.17) is 0 Å². The second-order valence-electron chi connectivity index (χ2n) is 5.80. The fourth-order valence-electron chi connectivity index (χ4n) is 2.87. The lowest BCUT2D eigenvalue weighted by atomic mass is 10.2. The first kappa shape index (κ1) is 17.3. The largest absolute Gasteiger partial charge is 0.354 e. The highest BCUT2D eigenvalue weighted by atomic mass is 32.2. The summed E-state index contributed by atoms with van der Waals surface area (Å²) in [5.74, 6) is 0.655. The van der Waals surface area contributed by atoms with E-state index in [0.29, 0.717) is 37.6 Å². The van der Waals surface area contributed by atoms with Gasteiger partial charge in [0.2, 0.25) is 10.0 Å². The highest BCUT2D eigenvalue weighted by molar-refractivity contribution is 7.89. The van der Waals surface area contributed by atoms with Crippen molar-refractivity contribution >= 4 is 21.5 Å². The van der Waals surface area contributed by atoms with Crippen LogP contribution in [-0.2, 0) is 10.0 Å². The highest BCUT2D eigenvalue weighted by Gasteiger charge is 2.29. The molecule has 9 heteroatoms. The maximum atomic E-state index is 12.6. The summed E-state index contributed by atoms with van der Waals surface area (Å²) in [7, 11) is -3.50. The van der Waals surface area contributed by atoms with E-state index in [1.807, 2.05) is 4.90 Å². The molecule has 1 aliphatic rings. The van der Waals surface area contributed by atoms with Crippen molar-refractivity contribution in [1.29, 1.82) is 0 Å². The topological polar surface area (TPSA) is 96.7 Å². The van der Waals surface area contributed by atoms with Gasteiger partial charge in [-0.25, -0.2) is 13.4 Å². The minimum absolute atomic E-state index is 0.0495. The van der Waals surface area contributed by atoms with Crippen LogP contribution in [0, 0.1) is 17.0 Å². The third-order valence-corrected chi connectivity index (χ3v) is 6.08. The van der Waals surface area contributed by atoms with Crippen molar-refractivity contribution in [2.24, 2.45) is 0 Å². The van der Waals surface area contributed by atoms with Crippen molar-refractivity contribution in [3.8, 4) is 0 Å². The molecular formula is C16H18N4O4S. The Morgan fingerprint density at radius 2 is 1.76 bits per heavy atom. The van der Waals surface area contributed by atoms with E-state index in [9.17, 15) is 18.5 Å². The van der Waals surface area contributed by atoms with Crippen LogP contribution in [-0.4, -0.2) is 48.8 Å². The van der Waals surface area contributed by atoms with E-state index in [1.54, 1.807) is 37.3 Å². The molecule has 0 N–H and O–H groups in total. The molecule has 0 aliphatic carbocycles. The fraction of sp³-hybridized carbons (Fsp3) is 0.312. The second-order valence-corrected chi connectivity index (χ2v) is 7.73. The van der Waals surface area contributed by atoms with E-state index in [-0.39, 0.29) is 10.6 Å². The van der Waals surface area contributed by atoms with Gasteiger partial charge in [0.15, 0.2) is 0 Å². The van der Waals surface area contributed by atoms with Crippen LogP contribution < -0.4 is 4.90 Å². The Bertz CT molecular complexity index is 878. The van der Waals surface area contributed by atoms with Gasteiger partial charge in [0.1, 0.15) is 12.0 Å². The van der Waals surface area contributed by atoms with E-state index in [2.05, 4.69) is 4.98 Å².